The van der Waals surface area contributed by atoms with Crippen LogP contribution in [0.1, 0.15) is 25.8 Å². The molecule has 0 radical (unpaired) electrons. The van der Waals surface area contributed by atoms with E-state index in [9.17, 15) is 0 Å². The third-order valence-electron chi connectivity index (χ3n) is 2.65. The Morgan fingerprint density at radius 1 is 1.35 bits per heavy atom. The summed E-state index contributed by atoms with van der Waals surface area (Å²) in [5, 5.41) is 9.82. The number of rotatable bonds is 5. The largest absolute Gasteiger partial charge is 0.296 e. The molecule has 0 fully saturated rings. The van der Waals surface area contributed by atoms with Gasteiger partial charge in [-0.3, -0.25) is 4.90 Å². The summed E-state index contributed by atoms with van der Waals surface area (Å²) in [5.74, 6) is 0. The van der Waals surface area contributed by atoms with Crippen LogP contribution in [0, 0.1) is 11.3 Å². The Morgan fingerprint density at radius 3 is 2.65 bits per heavy atom. The molecule has 0 aliphatic rings. The normalized spacial score (nSPS) is 10.9. The van der Waals surface area contributed by atoms with Crippen LogP contribution in [0.2, 0.25) is 10.0 Å². The molecule has 1 rings (SSSR count). The van der Waals surface area contributed by atoms with Crippen LogP contribution in [0.3, 0.4) is 0 Å². The fourth-order valence-corrected chi connectivity index (χ4v) is 1.98. The molecule has 0 amide bonds. The fourth-order valence-electron chi connectivity index (χ4n) is 1.60. The molecule has 92 valence electrons. The lowest BCUT2D eigenvalue weighted by Crippen LogP contribution is -2.31. The van der Waals surface area contributed by atoms with E-state index in [1.54, 1.807) is 6.07 Å². The minimum absolute atomic E-state index is 0.374. The monoisotopic (exact) mass is 270 g/mol. The Hall–Kier alpha value is -0.750. The van der Waals surface area contributed by atoms with Crippen LogP contribution in [-0.4, -0.2) is 17.5 Å². The Labute approximate surface area is 113 Å². The second-order valence-corrected chi connectivity index (χ2v) is 4.97. The highest BCUT2D eigenvalue weighted by Crippen LogP contribution is 2.26. The van der Waals surface area contributed by atoms with Crippen molar-refractivity contribution in [2.24, 2.45) is 0 Å². The van der Waals surface area contributed by atoms with Crippen LogP contribution in [0.25, 0.3) is 0 Å². The molecule has 0 spiro atoms. The lowest BCUT2D eigenvalue weighted by molar-refractivity contribution is 0.218. The van der Waals surface area contributed by atoms with Crippen molar-refractivity contribution in [3.8, 4) is 6.07 Å². The van der Waals surface area contributed by atoms with Crippen molar-refractivity contribution >= 4 is 23.2 Å². The quantitative estimate of drug-likeness (QED) is 0.805. The van der Waals surface area contributed by atoms with Crippen LogP contribution in [0.4, 0.5) is 0 Å². The van der Waals surface area contributed by atoms with Crippen LogP contribution in [0.5, 0.6) is 0 Å². The summed E-state index contributed by atoms with van der Waals surface area (Å²) in [4.78, 5) is 2.21. The molecule has 4 heteroatoms. The molecule has 0 aliphatic heterocycles. The highest BCUT2D eigenvalue weighted by atomic mass is 35.5. The predicted octanol–water partition coefficient (Wildman–Crippen LogP) is 4.12. The van der Waals surface area contributed by atoms with Crippen molar-refractivity contribution in [2.45, 2.75) is 32.9 Å². The standard InChI is InChI=1S/C13H16Cl2N2/c1-10(2)17(8-4-7-16)9-11-5-3-6-12(14)13(11)15/h3,5-6,10H,4,8-9H2,1-2H3. The van der Waals surface area contributed by atoms with Gasteiger partial charge in [0.25, 0.3) is 0 Å². The minimum atomic E-state index is 0.374. The van der Waals surface area contributed by atoms with E-state index in [0.29, 0.717) is 22.5 Å². The predicted molar refractivity (Wildman–Crippen MR) is 72.2 cm³/mol. The van der Waals surface area contributed by atoms with E-state index < -0.39 is 0 Å². The molecule has 0 bridgehead atoms. The van der Waals surface area contributed by atoms with Gasteiger partial charge >= 0.3 is 0 Å². The van der Waals surface area contributed by atoms with Crippen LogP contribution in [-0.2, 0) is 6.54 Å². The summed E-state index contributed by atoms with van der Waals surface area (Å²) < 4.78 is 0. The topological polar surface area (TPSA) is 27.0 Å². The molecule has 0 unspecified atom stereocenters. The summed E-state index contributed by atoms with van der Waals surface area (Å²) in [7, 11) is 0. The zero-order valence-corrected chi connectivity index (χ0v) is 11.6. The second-order valence-electron chi connectivity index (χ2n) is 4.19. The molecule has 0 heterocycles. The van der Waals surface area contributed by atoms with Gasteiger partial charge in [-0.15, -0.1) is 0 Å². The molecule has 0 N–H and O–H groups in total. The molecule has 0 atom stereocenters. The van der Waals surface area contributed by atoms with Crippen LogP contribution < -0.4 is 0 Å². The van der Waals surface area contributed by atoms with Gasteiger partial charge in [-0.2, -0.15) is 5.26 Å². The van der Waals surface area contributed by atoms with Crippen LogP contribution >= 0.6 is 23.2 Å². The minimum Gasteiger partial charge on any atom is -0.296 e. The summed E-state index contributed by atoms with van der Waals surface area (Å²) in [6, 6.07) is 8.18. The van der Waals surface area contributed by atoms with Crippen molar-refractivity contribution < 1.29 is 0 Å². The maximum absolute atomic E-state index is 8.64. The van der Waals surface area contributed by atoms with Gasteiger partial charge in [0.2, 0.25) is 0 Å². The van der Waals surface area contributed by atoms with Crippen molar-refractivity contribution in [1.29, 1.82) is 5.26 Å². The van der Waals surface area contributed by atoms with Crippen molar-refractivity contribution in [1.82, 2.24) is 4.90 Å². The van der Waals surface area contributed by atoms with Gasteiger partial charge in [0.1, 0.15) is 0 Å². The third-order valence-corrected chi connectivity index (χ3v) is 3.50. The summed E-state index contributed by atoms with van der Waals surface area (Å²) >= 11 is 12.1. The van der Waals surface area contributed by atoms with Gasteiger partial charge in [-0.25, -0.2) is 0 Å². The Kier molecular flexibility index (Phi) is 5.77. The van der Waals surface area contributed by atoms with Crippen molar-refractivity contribution in [2.75, 3.05) is 6.54 Å². The molecule has 1 aromatic rings. The summed E-state index contributed by atoms with van der Waals surface area (Å²) in [5.41, 5.74) is 1.01. The average molecular weight is 271 g/mol. The van der Waals surface area contributed by atoms with Gasteiger partial charge in [0, 0.05) is 25.6 Å². The zero-order valence-electron chi connectivity index (χ0n) is 10.1. The Morgan fingerprint density at radius 2 is 2.06 bits per heavy atom. The number of benzene rings is 1. The number of hydrogen-bond acceptors (Lipinski definition) is 2. The molecule has 0 saturated carbocycles. The highest BCUT2D eigenvalue weighted by molar-refractivity contribution is 6.42. The van der Waals surface area contributed by atoms with E-state index in [-0.39, 0.29) is 0 Å². The molecule has 0 saturated heterocycles. The summed E-state index contributed by atoms with van der Waals surface area (Å²) in [6.45, 7) is 5.68. The molecule has 1 aromatic carbocycles. The van der Waals surface area contributed by atoms with E-state index in [0.717, 1.165) is 18.7 Å². The average Bonchev–Trinajstić information content (AvgIpc) is 2.29. The maximum Gasteiger partial charge on any atom is 0.0637 e. The smallest absolute Gasteiger partial charge is 0.0637 e. The lowest BCUT2D eigenvalue weighted by Gasteiger charge is -2.26. The van der Waals surface area contributed by atoms with Gasteiger partial charge in [-0.05, 0) is 25.5 Å². The second kappa shape index (κ2) is 6.86. The van der Waals surface area contributed by atoms with Gasteiger partial charge < -0.3 is 0 Å². The number of nitrogens with zero attached hydrogens (tertiary/aromatic N) is 2. The van der Waals surface area contributed by atoms with E-state index in [2.05, 4.69) is 24.8 Å². The van der Waals surface area contributed by atoms with Crippen molar-refractivity contribution in [3.63, 3.8) is 0 Å². The molecule has 2 nitrogen and oxygen atoms in total. The molecular formula is C13H16Cl2N2. The Bertz CT molecular complexity index is 410. The first kappa shape index (κ1) is 14.3. The van der Waals surface area contributed by atoms with E-state index >= 15 is 0 Å². The third kappa shape index (κ3) is 4.20. The zero-order chi connectivity index (χ0) is 12.8. The van der Waals surface area contributed by atoms with Gasteiger partial charge in [0.05, 0.1) is 16.1 Å². The van der Waals surface area contributed by atoms with Gasteiger partial charge in [-0.1, -0.05) is 35.3 Å². The summed E-state index contributed by atoms with van der Waals surface area (Å²) in [6.07, 6.45) is 0.524. The molecule has 17 heavy (non-hydrogen) atoms. The highest BCUT2D eigenvalue weighted by Gasteiger charge is 2.12. The first-order valence-electron chi connectivity index (χ1n) is 5.60. The van der Waals surface area contributed by atoms with Gasteiger partial charge in [0.15, 0.2) is 0 Å². The molecular weight excluding hydrogens is 255 g/mol. The number of halogens is 2. The molecule has 0 aliphatic carbocycles. The SMILES string of the molecule is CC(C)N(CCC#N)Cc1cccc(Cl)c1Cl. The number of hydrogen-bond donors (Lipinski definition) is 0. The Balaban J connectivity index is 2.79. The first-order valence-corrected chi connectivity index (χ1v) is 6.35. The first-order chi connectivity index (χ1) is 8.06. The van der Waals surface area contributed by atoms with Crippen LogP contribution in [0.15, 0.2) is 18.2 Å². The molecule has 0 aromatic heterocycles. The fraction of sp³-hybridized carbons (Fsp3) is 0.462. The van der Waals surface area contributed by atoms with E-state index in [1.807, 2.05) is 12.1 Å². The maximum atomic E-state index is 8.64. The number of nitriles is 1. The lowest BCUT2D eigenvalue weighted by atomic mass is 10.2. The van der Waals surface area contributed by atoms with E-state index in [4.69, 9.17) is 28.5 Å². The van der Waals surface area contributed by atoms with Crippen molar-refractivity contribution in [3.05, 3.63) is 33.8 Å². The van der Waals surface area contributed by atoms with E-state index in [1.165, 1.54) is 0 Å².